The van der Waals surface area contributed by atoms with Crippen LogP contribution in [0.2, 0.25) is 0 Å². The van der Waals surface area contributed by atoms with Crippen molar-refractivity contribution >= 4 is 0 Å². The average molecular weight is 287 g/mol. The summed E-state index contributed by atoms with van der Waals surface area (Å²) in [5.41, 5.74) is 0.458. The molecule has 3 heteroatoms. The fraction of sp³-hybridized carbons (Fsp3) is 0.667. The molecule has 1 heterocycles. The van der Waals surface area contributed by atoms with E-state index in [4.69, 9.17) is 0 Å². The highest BCUT2D eigenvalue weighted by atomic mass is 15.2. The number of hydrogen-bond acceptors (Lipinski definition) is 3. The van der Waals surface area contributed by atoms with Gasteiger partial charge < -0.3 is 0 Å². The third kappa shape index (κ3) is 4.54. The van der Waals surface area contributed by atoms with Crippen LogP contribution in [0.3, 0.4) is 0 Å². The van der Waals surface area contributed by atoms with Crippen LogP contribution in [-0.4, -0.2) is 28.5 Å². The van der Waals surface area contributed by atoms with Gasteiger partial charge in [-0.3, -0.25) is 9.88 Å². The van der Waals surface area contributed by atoms with E-state index in [1.165, 1.54) is 0 Å². The zero-order chi connectivity index (χ0) is 15.9. The van der Waals surface area contributed by atoms with Crippen molar-refractivity contribution in [2.24, 2.45) is 0 Å². The molecule has 0 unspecified atom stereocenters. The van der Waals surface area contributed by atoms with E-state index >= 15 is 0 Å². The molecule has 116 valence electrons. The minimum absolute atomic E-state index is 0.460. The van der Waals surface area contributed by atoms with E-state index in [1.807, 2.05) is 18.2 Å². The molecule has 0 amide bonds. The summed E-state index contributed by atoms with van der Waals surface area (Å²) < 4.78 is 0. The maximum absolute atomic E-state index is 9.84. The Morgan fingerprint density at radius 2 is 1.86 bits per heavy atom. The number of hydrogen-bond donors (Lipinski definition) is 0. The SMILES string of the molecule is CCC[C@](C#N)(CCN(C(C)C)C(C)C)c1ccccn1. The van der Waals surface area contributed by atoms with Crippen LogP contribution < -0.4 is 0 Å². The highest BCUT2D eigenvalue weighted by Crippen LogP contribution is 2.31. The molecule has 0 radical (unpaired) electrons. The summed E-state index contributed by atoms with van der Waals surface area (Å²) in [6, 6.07) is 9.44. The summed E-state index contributed by atoms with van der Waals surface area (Å²) in [5.74, 6) is 0. The molecule has 1 rings (SSSR count). The summed E-state index contributed by atoms with van der Waals surface area (Å²) in [4.78, 5) is 6.92. The van der Waals surface area contributed by atoms with Crippen molar-refractivity contribution in [2.75, 3.05) is 6.54 Å². The van der Waals surface area contributed by atoms with E-state index in [-0.39, 0.29) is 0 Å². The fourth-order valence-corrected chi connectivity index (χ4v) is 3.06. The Hall–Kier alpha value is -1.40. The lowest BCUT2D eigenvalue weighted by Gasteiger charge is -2.34. The molecule has 0 aliphatic rings. The van der Waals surface area contributed by atoms with Gasteiger partial charge in [-0.05, 0) is 52.7 Å². The van der Waals surface area contributed by atoms with Crippen LogP contribution in [0.4, 0.5) is 0 Å². The Morgan fingerprint density at radius 3 is 2.29 bits per heavy atom. The smallest absolute Gasteiger partial charge is 0.100 e. The second-order valence-corrected chi connectivity index (χ2v) is 6.33. The van der Waals surface area contributed by atoms with Gasteiger partial charge in [0.1, 0.15) is 5.41 Å². The first kappa shape index (κ1) is 17.7. The first-order chi connectivity index (χ1) is 9.96. The van der Waals surface area contributed by atoms with E-state index in [2.05, 4.69) is 50.6 Å². The summed E-state index contributed by atoms with van der Waals surface area (Å²) in [7, 11) is 0. The number of nitrogens with zero attached hydrogens (tertiary/aromatic N) is 3. The van der Waals surface area contributed by atoms with Crippen LogP contribution in [0.15, 0.2) is 24.4 Å². The number of nitriles is 1. The van der Waals surface area contributed by atoms with Crippen LogP contribution >= 0.6 is 0 Å². The van der Waals surface area contributed by atoms with Gasteiger partial charge in [0, 0.05) is 24.8 Å². The van der Waals surface area contributed by atoms with Crippen molar-refractivity contribution in [2.45, 2.75) is 71.4 Å². The second-order valence-electron chi connectivity index (χ2n) is 6.33. The third-order valence-corrected chi connectivity index (χ3v) is 4.17. The molecule has 0 fully saturated rings. The molecule has 0 saturated heterocycles. The van der Waals surface area contributed by atoms with Gasteiger partial charge in [-0.25, -0.2) is 0 Å². The van der Waals surface area contributed by atoms with Crippen molar-refractivity contribution in [3.8, 4) is 6.07 Å². The predicted octanol–water partition coefficient (Wildman–Crippen LogP) is 4.15. The Labute approximate surface area is 130 Å². The molecule has 0 aliphatic heterocycles. The monoisotopic (exact) mass is 287 g/mol. The highest BCUT2D eigenvalue weighted by molar-refractivity contribution is 5.26. The number of pyridine rings is 1. The van der Waals surface area contributed by atoms with E-state index in [0.29, 0.717) is 12.1 Å². The van der Waals surface area contributed by atoms with E-state index in [0.717, 1.165) is 31.5 Å². The lowest BCUT2D eigenvalue weighted by Crippen LogP contribution is -2.41. The lowest BCUT2D eigenvalue weighted by molar-refractivity contribution is 0.160. The number of rotatable bonds is 8. The third-order valence-electron chi connectivity index (χ3n) is 4.17. The molecule has 3 nitrogen and oxygen atoms in total. The molecule has 0 bridgehead atoms. The average Bonchev–Trinajstić information content (AvgIpc) is 2.46. The van der Waals surface area contributed by atoms with Crippen LogP contribution in [-0.2, 0) is 5.41 Å². The van der Waals surface area contributed by atoms with E-state index < -0.39 is 5.41 Å². The van der Waals surface area contributed by atoms with E-state index in [1.54, 1.807) is 6.20 Å². The molecule has 1 aromatic rings. The maximum Gasteiger partial charge on any atom is 0.100 e. The molecule has 0 N–H and O–H groups in total. The van der Waals surface area contributed by atoms with Crippen molar-refractivity contribution < 1.29 is 0 Å². The standard InChI is InChI=1S/C18H29N3/c1-6-10-18(14-19,17-9-7-8-12-20-17)11-13-21(15(2)3)16(4)5/h7-9,12,15-16H,6,10-11,13H2,1-5H3/t18-/m1/s1. The number of aromatic nitrogens is 1. The normalized spacial score (nSPS) is 14.4. The first-order valence-corrected chi connectivity index (χ1v) is 8.05. The summed E-state index contributed by atoms with van der Waals surface area (Å²) in [6.07, 6.45) is 4.49. The molecular formula is C18H29N3. The van der Waals surface area contributed by atoms with Crippen LogP contribution in [0.25, 0.3) is 0 Å². The van der Waals surface area contributed by atoms with Gasteiger partial charge in [-0.2, -0.15) is 5.26 Å². The molecular weight excluding hydrogens is 258 g/mol. The summed E-state index contributed by atoms with van der Waals surface area (Å²) in [5, 5.41) is 9.84. The van der Waals surface area contributed by atoms with Gasteiger partial charge in [0.05, 0.1) is 11.8 Å². The molecule has 21 heavy (non-hydrogen) atoms. The molecule has 0 saturated carbocycles. The molecule has 0 aliphatic carbocycles. The topological polar surface area (TPSA) is 39.9 Å². The molecule has 0 aromatic carbocycles. The zero-order valence-electron chi connectivity index (χ0n) is 14.1. The van der Waals surface area contributed by atoms with Gasteiger partial charge >= 0.3 is 0 Å². The lowest BCUT2D eigenvalue weighted by atomic mass is 9.78. The first-order valence-electron chi connectivity index (χ1n) is 8.05. The molecule has 1 aromatic heterocycles. The fourth-order valence-electron chi connectivity index (χ4n) is 3.06. The van der Waals surface area contributed by atoms with E-state index in [9.17, 15) is 5.26 Å². The van der Waals surface area contributed by atoms with Crippen molar-refractivity contribution in [3.05, 3.63) is 30.1 Å². The van der Waals surface area contributed by atoms with Gasteiger partial charge in [0.25, 0.3) is 0 Å². The summed E-state index contributed by atoms with van der Waals surface area (Å²) in [6.45, 7) is 11.9. The summed E-state index contributed by atoms with van der Waals surface area (Å²) >= 11 is 0. The van der Waals surface area contributed by atoms with Gasteiger partial charge in [-0.1, -0.05) is 19.4 Å². The molecule has 1 atom stereocenters. The quantitative estimate of drug-likeness (QED) is 0.721. The van der Waals surface area contributed by atoms with Gasteiger partial charge in [0.2, 0.25) is 0 Å². The van der Waals surface area contributed by atoms with Gasteiger partial charge in [0.15, 0.2) is 0 Å². The largest absolute Gasteiger partial charge is 0.298 e. The second kappa shape index (κ2) is 8.14. The Kier molecular flexibility index (Phi) is 6.84. The van der Waals surface area contributed by atoms with Crippen LogP contribution in [0.1, 0.15) is 59.6 Å². The van der Waals surface area contributed by atoms with Crippen molar-refractivity contribution in [1.82, 2.24) is 9.88 Å². The van der Waals surface area contributed by atoms with Crippen molar-refractivity contribution in [1.29, 1.82) is 5.26 Å². The Bertz CT molecular complexity index is 439. The Balaban J connectivity index is 2.97. The maximum atomic E-state index is 9.84. The minimum Gasteiger partial charge on any atom is -0.298 e. The zero-order valence-corrected chi connectivity index (χ0v) is 14.1. The van der Waals surface area contributed by atoms with Crippen LogP contribution in [0.5, 0.6) is 0 Å². The van der Waals surface area contributed by atoms with Crippen LogP contribution in [0, 0.1) is 11.3 Å². The Morgan fingerprint density at radius 1 is 1.19 bits per heavy atom. The van der Waals surface area contributed by atoms with Gasteiger partial charge in [-0.15, -0.1) is 0 Å². The minimum atomic E-state index is -0.460. The molecule has 0 spiro atoms. The van der Waals surface area contributed by atoms with Crippen molar-refractivity contribution in [3.63, 3.8) is 0 Å². The predicted molar refractivity (Wildman–Crippen MR) is 88.0 cm³/mol. The highest BCUT2D eigenvalue weighted by Gasteiger charge is 2.33.